The first-order valence-corrected chi connectivity index (χ1v) is 6.14. The molecule has 122 valence electrons. The Kier molecular flexibility index (Phi) is 4.58. The normalized spacial score (nSPS) is 11.0. The highest BCUT2D eigenvalue weighted by atomic mass is 19.4. The lowest BCUT2D eigenvalue weighted by atomic mass is 10.2. The van der Waals surface area contributed by atoms with Gasteiger partial charge in [0.2, 0.25) is 0 Å². The van der Waals surface area contributed by atoms with Crippen LogP contribution in [-0.2, 0) is 0 Å². The maximum absolute atomic E-state index is 12.1. The molecular formula is C14H10F3NO5. The number of nitro groups is 1. The van der Waals surface area contributed by atoms with Crippen molar-refractivity contribution in [2.75, 3.05) is 7.11 Å². The van der Waals surface area contributed by atoms with Gasteiger partial charge >= 0.3 is 12.0 Å². The Morgan fingerprint density at radius 2 is 1.57 bits per heavy atom. The summed E-state index contributed by atoms with van der Waals surface area (Å²) in [6.45, 7) is 0. The summed E-state index contributed by atoms with van der Waals surface area (Å²) in [6, 6.07) is 8.58. The van der Waals surface area contributed by atoms with Crippen LogP contribution in [0.1, 0.15) is 0 Å². The molecule has 0 N–H and O–H groups in total. The molecule has 0 radical (unpaired) electrons. The molecule has 2 aromatic rings. The Morgan fingerprint density at radius 1 is 1.00 bits per heavy atom. The number of nitro benzene ring substituents is 1. The smallest absolute Gasteiger partial charge is 0.490 e. The second kappa shape index (κ2) is 6.42. The van der Waals surface area contributed by atoms with E-state index >= 15 is 0 Å². The van der Waals surface area contributed by atoms with E-state index in [1.165, 1.54) is 31.4 Å². The summed E-state index contributed by atoms with van der Waals surface area (Å²) in [5, 5.41) is 10.9. The van der Waals surface area contributed by atoms with Crippen molar-refractivity contribution in [1.29, 1.82) is 0 Å². The molecule has 0 saturated heterocycles. The van der Waals surface area contributed by atoms with Crippen molar-refractivity contribution in [2.45, 2.75) is 6.36 Å². The van der Waals surface area contributed by atoms with Gasteiger partial charge in [0.05, 0.1) is 18.1 Å². The Labute approximate surface area is 128 Å². The summed E-state index contributed by atoms with van der Waals surface area (Å²) in [7, 11) is 1.29. The fourth-order valence-electron chi connectivity index (χ4n) is 1.72. The average Bonchev–Trinajstić information content (AvgIpc) is 2.47. The number of alkyl halides is 3. The minimum Gasteiger partial charge on any atom is -0.490 e. The molecule has 0 aliphatic heterocycles. The second-order valence-corrected chi connectivity index (χ2v) is 4.21. The molecule has 2 rings (SSSR count). The number of hydrogen-bond donors (Lipinski definition) is 0. The predicted molar refractivity (Wildman–Crippen MR) is 72.8 cm³/mol. The van der Waals surface area contributed by atoms with Crippen molar-refractivity contribution in [3.8, 4) is 23.0 Å². The van der Waals surface area contributed by atoms with Crippen LogP contribution in [0.3, 0.4) is 0 Å². The van der Waals surface area contributed by atoms with Crippen molar-refractivity contribution in [3.05, 3.63) is 52.6 Å². The molecular weight excluding hydrogens is 319 g/mol. The SMILES string of the molecule is COc1ccc(Oc2ccc(OC(F)(F)F)cc2)cc1[N+](=O)[O-]. The molecule has 0 aliphatic rings. The highest BCUT2D eigenvalue weighted by Gasteiger charge is 2.31. The van der Waals surface area contributed by atoms with Gasteiger partial charge in [-0.05, 0) is 36.4 Å². The van der Waals surface area contributed by atoms with Crippen molar-refractivity contribution in [1.82, 2.24) is 0 Å². The Bertz CT molecular complexity index is 701. The molecule has 9 heteroatoms. The van der Waals surface area contributed by atoms with Gasteiger partial charge in [-0.2, -0.15) is 0 Å². The van der Waals surface area contributed by atoms with Gasteiger partial charge in [-0.15, -0.1) is 13.2 Å². The summed E-state index contributed by atoms with van der Waals surface area (Å²) in [4.78, 5) is 10.3. The second-order valence-electron chi connectivity index (χ2n) is 4.21. The number of rotatable bonds is 5. The van der Waals surface area contributed by atoms with Gasteiger partial charge in [-0.25, -0.2) is 0 Å². The number of nitrogens with zero attached hydrogens (tertiary/aromatic N) is 1. The largest absolute Gasteiger partial charge is 0.573 e. The molecule has 0 amide bonds. The monoisotopic (exact) mass is 329 g/mol. The molecule has 0 aliphatic carbocycles. The number of hydrogen-bond acceptors (Lipinski definition) is 5. The third-order valence-corrected chi connectivity index (χ3v) is 2.64. The number of methoxy groups -OCH3 is 1. The van der Waals surface area contributed by atoms with Gasteiger partial charge in [-0.1, -0.05) is 0 Å². The van der Waals surface area contributed by atoms with E-state index in [-0.39, 0.29) is 22.9 Å². The summed E-state index contributed by atoms with van der Waals surface area (Å²) < 4.78 is 50.1. The van der Waals surface area contributed by atoms with Crippen LogP contribution in [0.25, 0.3) is 0 Å². The minimum atomic E-state index is -4.78. The van der Waals surface area contributed by atoms with E-state index in [0.717, 1.165) is 18.2 Å². The van der Waals surface area contributed by atoms with Crippen molar-refractivity contribution in [2.24, 2.45) is 0 Å². The van der Waals surface area contributed by atoms with Gasteiger partial charge in [0, 0.05) is 0 Å². The summed E-state index contributed by atoms with van der Waals surface area (Å²) in [6.07, 6.45) is -4.78. The molecule has 0 unspecified atom stereocenters. The van der Waals surface area contributed by atoms with E-state index in [0.29, 0.717) is 0 Å². The quantitative estimate of drug-likeness (QED) is 0.604. The van der Waals surface area contributed by atoms with Crippen molar-refractivity contribution in [3.63, 3.8) is 0 Å². The van der Waals surface area contributed by atoms with Gasteiger partial charge < -0.3 is 14.2 Å². The predicted octanol–water partition coefficient (Wildman–Crippen LogP) is 4.29. The molecule has 0 atom stereocenters. The van der Waals surface area contributed by atoms with Crippen LogP contribution < -0.4 is 14.2 Å². The van der Waals surface area contributed by atoms with Crippen LogP contribution in [0.4, 0.5) is 18.9 Å². The van der Waals surface area contributed by atoms with Crippen LogP contribution in [0, 0.1) is 10.1 Å². The molecule has 0 fully saturated rings. The van der Waals surface area contributed by atoms with E-state index in [1.807, 2.05) is 0 Å². The van der Waals surface area contributed by atoms with E-state index in [9.17, 15) is 23.3 Å². The van der Waals surface area contributed by atoms with Crippen LogP contribution >= 0.6 is 0 Å². The lowest BCUT2D eigenvalue weighted by molar-refractivity contribution is -0.385. The third kappa shape index (κ3) is 4.50. The zero-order valence-electron chi connectivity index (χ0n) is 11.7. The molecule has 23 heavy (non-hydrogen) atoms. The average molecular weight is 329 g/mol. The summed E-state index contributed by atoms with van der Waals surface area (Å²) in [5.74, 6) is 0.00261. The number of ether oxygens (including phenoxy) is 3. The molecule has 0 aromatic heterocycles. The maximum atomic E-state index is 12.1. The summed E-state index contributed by atoms with van der Waals surface area (Å²) in [5.41, 5.74) is -0.290. The topological polar surface area (TPSA) is 70.8 Å². The summed E-state index contributed by atoms with van der Waals surface area (Å²) >= 11 is 0. The number of benzene rings is 2. The standard InChI is InChI=1S/C14H10F3NO5/c1-21-13-7-6-11(8-12(13)18(19)20)22-9-2-4-10(5-3-9)23-14(15,16)17/h2-8H,1H3. The van der Waals surface area contributed by atoms with Gasteiger partial charge in [0.15, 0.2) is 5.75 Å². The van der Waals surface area contributed by atoms with E-state index in [2.05, 4.69) is 4.74 Å². The lowest BCUT2D eigenvalue weighted by Gasteiger charge is -2.10. The zero-order valence-corrected chi connectivity index (χ0v) is 11.7. The van der Waals surface area contributed by atoms with E-state index in [1.54, 1.807) is 0 Å². The Hall–Kier alpha value is -2.97. The first-order chi connectivity index (χ1) is 10.8. The zero-order chi connectivity index (χ0) is 17.0. The van der Waals surface area contributed by atoms with Crippen LogP contribution in [0.2, 0.25) is 0 Å². The van der Waals surface area contributed by atoms with Crippen molar-refractivity contribution >= 4 is 5.69 Å². The van der Waals surface area contributed by atoms with E-state index < -0.39 is 17.0 Å². The maximum Gasteiger partial charge on any atom is 0.573 e. The molecule has 0 heterocycles. The fourth-order valence-corrected chi connectivity index (χ4v) is 1.72. The molecule has 6 nitrogen and oxygen atoms in total. The molecule has 2 aromatic carbocycles. The van der Waals surface area contributed by atoms with Crippen LogP contribution in [0.5, 0.6) is 23.0 Å². The van der Waals surface area contributed by atoms with Crippen molar-refractivity contribution < 1.29 is 32.3 Å². The van der Waals surface area contributed by atoms with Crippen LogP contribution in [-0.4, -0.2) is 18.4 Å². The highest BCUT2D eigenvalue weighted by Crippen LogP contribution is 2.33. The first kappa shape index (κ1) is 16.4. The molecule has 0 bridgehead atoms. The third-order valence-electron chi connectivity index (χ3n) is 2.64. The van der Waals surface area contributed by atoms with Gasteiger partial charge in [-0.3, -0.25) is 10.1 Å². The molecule has 0 saturated carbocycles. The minimum absolute atomic E-state index is 0.0660. The van der Waals surface area contributed by atoms with Gasteiger partial charge in [0.1, 0.15) is 17.2 Å². The van der Waals surface area contributed by atoms with Crippen LogP contribution in [0.15, 0.2) is 42.5 Å². The Morgan fingerprint density at radius 3 is 2.09 bits per heavy atom. The lowest BCUT2D eigenvalue weighted by Crippen LogP contribution is -2.16. The highest BCUT2D eigenvalue weighted by molar-refractivity contribution is 5.51. The van der Waals surface area contributed by atoms with E-state index in [4.69, 9.17) is 9.47 Å². The number of halogens is 3. The fraction of sp³-hybridized carbons (Fsp3) is 0.143. The first-order valence-electron chi connectivity index (χ1n) is 6.14. The molecule has 0 spiro atoms. The van der Waals surface area contributed by atoms with Gasteiger partial charge in [0.25, 0.3) is 0 Å². The Balaban J connectivity index is 2.16.